The molecule has 7 nitrogen and oxygen atoms in total. The highest BCUT2D eigenvalue weighted by Gasteiger charge is 2.20. The Morgan fingerprint density at radius 3 is 2.50 bits per heavy atom. The van der Waals surface area contributed by atoms with Crippen LogP contribution in [0.2, 0.25) is 0 Å². The van der Waals surface area contributed by atoms with Crippen molar-refractivity contribution in [2.75, 3.05) is 14.2 Å². The molecule has 0 atom stereocenters. The molecule has 2 rings (SSSR count). The van der Waals surface area contributed by atoms with Crippen LogP contribution in [0.15, 0.2) is 52.8 Å². The third kappa shape index (κ3) is 6.00. The van der Waals surface area contributed by atoms with Crippen LogP contribution in [-0.2, 0) is 25.8 Å². The van der Waals surface area contributed by atoms with Gasteiger partial charge in [-0.25, -0.2) is 4.79 Å². The summed E-state index contributed by atoms with van der Waals surface area (Å²) in [6, 6.07) is 11.5. The van der Waals surface area contributed by atoms with E-state index in [1.165, 1.54) is 26.4 Å². The number of oxime groups is 2. The number of hydrogen-bond acceptors (Lipinski definition) is 7. The molecule has 9 heteroatoms. The molecule has 0 radical (unpaired) electrons. The Hall–Kier alpha value is -3.49. The molecule has 0 aliphatic rings. The fourth-order valence-corrected chi connectivity index (χ4v) is 2.64. The van der Waals surface area contributed by atoms with Gasteiger partial charge >= 0.3 is 12.6 Å². The van der Waals surface area contributed by atoms with Crippen LogP contribution in [0.5, 0.6) is 5.75 Å². The van der Waals surface area contributed by atoms with Crippen LogP contribution < -0.4 is 4.74 Å². The lowest BCUT2D eigenvalue weighted by molar-refractivity contribution is -0.132. The van der Waals surface area contributed by atoms with Crippen LogP contribution in [0.25, 0.3) is 0 Å². The molecule has 0 aliphatic carbocycles. The van der Waals surface area contributed by atoms with E-state index in [9.17, 15) is 13.6 Å². The second-order valence-electron chi connectivity index (χ2n) is 6.07. The second-order valence-corrected chi connectivity index (χ2v) is 6.07. The highest BCUT2D eigenvalue weighted by atomic mass is 19.3. The number of carbonyl (C=O) groups excluding carboxylic acids is 1. The van der Waals surface area contributed by atoms with Crippen molar-refractivity contribution in [3.8, 4) is 5.75 Å². The normalized spacial score (nSPS) is 12.0. The number of halogens is 2. The summed E-state index contributed by atoms with van der Waals surface area (Å²) in [4.78, 5) is 22.3. The molecule has 0 saturated carbocycles. The van der Waals surface area contributed by atoms with Gasteiger partial charge in [0.25, 0.3) is 0 Å². The van der Waals surface area contributed by atoms with Crippen LogP contribution in [0, 0.1) is 6.92 Å². The van der Waals surface area contributed by atoms with E-state index in [1.54, 1.807) is 31.2 Å². The first-order valence-electron chi connectivity index (χ1n) is 8.87. The maximum absolute atomic E-state index is 12.4. The van der Waals surface area contributed by atoms with Gasteiger partial charge in [-0.1, -0.05) is 40.6 Å². The maximum Gasteiger partial charge on any atom is 0.387 e. The van der Waals surface area contributed by atoms with Gasteiger partial charge in [-0.2, -0.15) is 8.78 Å². The van der Waals surface area contributed by atoms with Gasteiger partial charge in [0.05, 0.1) is 12.8 Å². The zero-order valence-electron chi connectivity index (χ0n) is 17.0. The molecule has 0 saturated heterocycles. The Morgan fingerprint density at radius 2 is 1.83 bits per heavy atom. The lowest BCUT2D eigenvalue weighted by Crippen LogP contribution is -2.20. The summed E-state index contributed by atoms with van der Waals surface area (Å²) in [5.41, 5.74) is 3.03. The topological polar surface area (TPSA) is 78.7 Å². The van der Waals surface area contributed by atoms with Gasteiger partial charge in [-0.05, 0) is 31.5 Å². The van der Waals surface area contributed by atoms with Crippen molar-refractivity contribution in [3.63, 3.8) is 0 Å². The Morgan fingerprint density at radius 1 is 1.10 bits per heavy atom. The Bertz CT molecular complexity index is 945. The smallest absolute Gasteiger partial charge is 0.387 e. The summed E-state index contributed by atoms with van der Waals surface area (Å²) < 4.78 is 34.0. The molecule has 0 aliphatic heterocycles. The molecular weight excluding hydrogens is 398 g/mol. The second kappa shape index (κ2) is 10.9. The fraction of sp³-hybridized carbons (Fsp3) is 0.286. The van der Waals surface area contributed by atoms with Crippen molar-refractivity contribution in [1.29, 1.82) is 0 Å². The standard InChI is InChI=1S/C21H22F2N2O5/c1-13-7-5-10-17(19(25-28-4)20(26)27-3)18(13)12-29-24-14(2)15-8-6-9-16(11-15)30-21(22)23/h5-11,21H,12H2,1-4H3/b24-14+,25-19+. The average Bonchev–Trinajstić information content (AvgIpc) is 2.72. The first-order chi connectivity index (χ1) is 14.4. The van der Waals surface area contributed by atoms with Crippen LogP contribution in [0.4, 0.5) is 8.78 Å². The minimum atomic E-state index is -2.91. The van der Waals surface area contributed by atoms with Crippen LogP contribution >= 0.6 is 0 Å². The van der Waals surface area contributed by atoms with E-state index in [-0.39, 0.29) is 18.1 Å². The van der Waals surface area contributed by atoms with Gasteiger partial charge in [0.15, 0.2) is 5.71 Å². The van der Waals surface area contributed by atoms with Crippen molar-refractivity contribution in [2.45, 2.75) is 27.1 Å². The molecule has 0 fully saturated rings. The van der Waals surface area contributed by atoms with E-state index in [4.69, 9.17) is 14.4 Å². The fourth-order valence-electron chi connectivity index (χ4n) is 2.64. The van der Waals surface area contributed by atoms with Gasteiger partial charge in [0.2, 0.25) is 0 Å². The Balaban J connectivity index is 2.24. The number of carbonyl (C=O) groups is 1. The molecule has 0 aromatic heterocycles. The number of ether oxygens (including phenoxy) is 2. The summed E-state index contributed by atoms with van der Waals surface area (Å²) in [5, 5.41) is 7.82. The average molecular weight is 420 g/mol. The number of methoxy groups -OCH3 is 1. The van der Waals surface area contributed by atoms with Crippen LogP contribution in [0.3, 0.4) is 0 Å². The van der Waals surface area contributed by atoms with Crippen molar-refractivity contribution >= 4 is 17.4 Å². The number of aryl methyl sites for hydroxylation is 1. The number of alkyl halides is 2. The van der Waals surface area contributed by atoms with Crippen molar-refractivity contribution in [3.05, 3.63) is 64.7 Å². The third-order valence-corrected chi connectivity index (χ3v) is 4.11. The SMILES string of the molecule is CO/N=C(/C(=O)OC)c1cccc(C)c1CO/N=C(\C)c1cccc(OC(F)F)c1. The highest BCUT2D eigenvalue weighted by Crippen LogP contribution is 2.19. The molecule has 0 bridgehead atoms. The zero-order valence-corrected chi connectivity index (χ0v) is 17.0. The molecule has 30 heavy (non-hydrogen) atoms. The summed E-state index contributed by atoms with van der Waals surface area (Å²) in [5.74, 6) is -0.629. The third-order valence-electron chi connectivity index (χ3n) is 4.11. The van der Waals surface area contributed by atoms with Gasteiger partial charge in [0.1, 0.15) is 19.5 Å². The summed E-state index contributed by atoms with van der Waals surface area (Å²) in [6.07, 6.45) is 0. The zero-order chi connectivity index (χ0) is 22.1. The summed E-state index contributed by atoms with van der Waals surface area (Å²) >= 11 is 0. The molecule has 0 N–H and O–H groups in total. The quantitative estimate of drug-likeness (QED) is 0.347. The van der Waals surface area contributed by atoms with Gasteiger partial charge < -0.3 is 19.1 Å². The van der Waals surface area contributed by atoms with Gasteiger partial charge in [-0.15, -0.1) is 0 Å². The summed E-state index contributed by atoms with van der Waals surface area (Å²) in [6.45, 7) is 0.649. The van der Waals surface area contributed by atoms with Gasteiger partial charge in [0, 0.05) is 16.7 Å². The molecule has 2 aromatic rings. The minimum absolute atomic E-state index is 0.000138. The number of benzene rings is 2. The molecule has 0 unspecified atom stereocenters. The Kier molecular flexibility index (Phi) is 8.28. The molecule has 0 spiro atoms. The van der Waals surface area contributed by atoms with Crippen LogP contribution in [0.1, 0.15) is 29.2 Å². The van der Waals surface area contributed by atoms with E-state index in [0.717, 1.165) is 5.56 Å². The van der Waals surface area contributed by atoms with E-state index < -0.39 is 12.6 Å². The van der Waals surface area contributed by atoms with Crippen LogP contribution in [-0.4, -0.2) is 38.2 Å². The number of esters is 1. The largest absolute Gasteiger partial charge is 0.464 e. The monoisotopic (exact) mass is 420 g/mol. The number of hydrogen-bond donors (Lipinski definition) is 0. The van der Waals surface area contributed by atoms with Gasteiger partial charge in [-0.3, -0.25) is 0 Å². The predicted molar refractivity (Wildman–Crippen MR) is 107 cm³/mol. The van der Waals surface area contributed by atoms with Crippen molar-refractivity contribution in [1.82, 2.24) is 0 Å². The van der Waals surface area contributed by atoms with E-state index in [2.05, 4.69) is 15.0 Å². The number of rotatable bonds is 9. The highest BCUT2D eigenvalue weighted by molar-refractivity contribution is 6.43. The molecule has 2 aromatic carbocycles. The minimum Gasteiger partial charge on any atom is -0.464 e. The van der Waals surface area contributed by atoms with Crippen molar-refractivity contribution < 1.29 is 32.7 Å². The first kappa shape index (κ1) is 22.8. The molecule has 0 amide bonds. The summed E-state index contributed by atoms with van der Waals surface area (Å²) in [7, 11) is 2.58. The molecule has 160 valence electrons. The molecule has 0 heterocycles. The van der Waals surface area contributed by atoms with Crippen molar-refractivity contribution in [2.24, 2.45) is 10.3 Å². The van der Waals surface area contributed by atoms with E-state index in [0.29, 0.717) is 22.4 Å². The van der Waals surface area contributed by atoms with E-state index >= 15 is 0 Å². The maximum atomic E-state index is 12.4. The lowest BCUT2D eigenvalue weighted by Gasteiger charge is -2.12. The first-order valence-corrected chi connectivity index (χ1v) is 8.87. The van der Waals surface area contributed by atoms with E-state index in [1.807, 2.05) is 13.0 Å². The Labute approximate surface area is 172 Å². The number of nitrogens with zero attached hydrogens (tertiary/aromatic N) is 2. The molecular formula is C21H22F2N2O5. The lowest BCUT2D eigenvalue weighted by atomic mass is 9.99. The predicted octanol–water partition coefficient (Wildman–Crippen LogP) is 4.06.